The van der Waals surface area contributed by atoms with Crippen molar-refractivity contribution in [2.24, 2.45) is 5.92 Å². The molecule has 0 spiro atoms. The third kappa shape index (κ3) is 6.44. The molecule has 3 aromatic carbocycles. The fourth-order valence-corrected chi connectivity index (χ4v) is 3.12. The van der Waals surface area contributed by atoms with Crippen molar-refractivity contribution in [1.82, 2.24) is 0 Å². The highest BCUT2D eigenvalue weighted by molar-refractivity contribution is 5.89. The Balaban J connectivity index is 1.72. The van der Waals surface area contributed by atoms with Crippen LogP contribution in [0.1, 0.15) is 41.3 Å². The number of benzene rings is 3. The van der Waals surface area contributed by atoms with Gasteiger partial charge < -0.3 is 14.6 Å². The first-order chi connectivity index (χ1) is 14.9. The minimum atomic E-state index is -0.926. The molecule has 31 heavy (non-hydrogen) atoms. The second kappa shape index (κ2) is 10.4. The van der Waals surface area contributed by atoms with E-state index in [0.29, 0.717) is 29.9 Å². The van der Waals surface area contributed by atoms with Crippen LogP contribution >= 0.6 is 0 Å². The zero-order valence-electron chi connectivity index (χ0n) is 17.7. The van der Waals surface area contributed by atoms with E-state index in [1.165, 1.54) is 0 Å². The fraction of sp³-hybridized carbons (Fsp3) is 0.231. The van der Waals surface area contributed by atoms with Crippen LogP contribution < -0.4 is 4.74 Å². The second-order valence-corrected chi connectivity index (χ2v) is 7.77. The summed E-state index contributed by atoms with van der Waals surface area (Å²) in [6.07, 6.45) is 0.304. The number of hydrogen-bond acceptors (Lipinski definition) is 4. The van der Waals surface area contributed by atoms with E-state index in [9.17, 15) is 14.7 Å². The molecular weight excluding hydrogens is 392 g/mol. The minimum absolute atomic E-state index is 0.251. The number of rotatable bonds is 9. The Morgan fingerprint density at radius 3 is 2.19 bits per heavy atom. The van der Waals surface area contributed by atoms with Gasteiger partial charge in [0, 0.05) is 0 Å². The summed E-state index contributed by atoms with van der Waals surface area (Å²) in [5.74, 6) is -0.457. The minimum Gasteiger partial charge on any atom is -0.481 e. The standard InChI is InChI=1S/C26H26O5/c1-18(2)17-30-26(29)21-13-11-20(12-14-21)24(25(27)28)16-19-7-6-10-23(15-19)31-22-8-4-3-5-9-22/h3-15,18,24H,16-17H2,1-2H3,(H,27,28). The highest BCUT2D eigenvalue weighted by atomic mass is 16.5. The molecule has 0 fully saturated rings. The maximum absolute atomic E-state index is 12.1. The third-order valence-electron chi connectivity index (χ3n) is 4.71. The average Bonchev–Trinajstić information content (AvgIpc) is 2.77. The lowest BCUT2D eigenvalue weighted by atomic mass is 9.91. The van der Waals surface area contributed by atoms with E-state index in [1.54, 1.807) is 24.3 Å². The maximum Gasteiger partial charge on any atom is 0.338 e. The molecule has 0 aliphatic carbocycles. The number of para-hydroxylation sites is 1. The van der Waals surface area contributed by atoms with Crippen LogP contribution in [0, 0.1) is 5.92 Å². The van der Waals surface area contributed by atoms with Crippen molar-refractivity contribution in [2.75, 3.05) is 6.61 Å². The molecule has 3 aromatic rings. The molecule has 160 valence electrons. The number of ether oxygens (including phenoxy) is 2. The Labute approximate surface area is 182 Å². The number of carbonyl (C=O) groups excluding carboxylic acids is 1. The molecule has 5 heteroatoms. The van der Waals surface area contributed by atoms with Crippen LogP contribution in [-0.4, -0.2) is 23.7 Å². The van der Waals surface area contributed by atoms with Gasteiger partial charge in [0.15, 0.2) is 0 Å². The molecular formula is C26H26O5. The van der Waals surface area contributed by atoms with Gasteiger partial charge in [-0.05, 0) is 59.9 Å². The summed E-state index contributed by atoms with van der Waals surface area (Å²) in [6, 6.07) is 23.4. The van der Waals surface area contributed by atoms with Crippen LogP contribution in [-0.2, 0) is 16.0 Å². The largest absolute Gasteiger partial charge is 0.481 e. The molecule has 0 aromatic heterocycles. The Morgan fingerprint density at radius 2 is 1.55 bits per heavy atom. The number of aliphatic carboxylic acids is 1. The molecule has 0 aliphatic rings. The van der Waals surface area contributed by atoms with Crippen molar-refractivity contribution < 1.29 is 24.2 Å². The summed E-state index contributed by atoms with van der Waals surface area (Å²) in [5.41, 5.74) is 1.88. The predicted molar refractivity (Wildman–Crippen MR) is 119 cm³/mol. The first kappa shape index (κ1) is 22.1. The summed E-state index contributed by atoms with van der Waals surface area (Å²) >= 11 is 0. The Bertz CT molecular complexity index is 1010. The molecule has 0 amide bonds. The van der Waals surface area contributed by atoms with E-state index in [4.69, 9.17) is 9.47 Å². The Morgan fingerprint density at radius 1 is 0.871 bits per heavy atom. The Kier molecular flexibility index (Phi) is 7.44. The predicted octanol–water partition coefficient (Wildman–Crippen LogP) is 5.70. The van der Waals surface area contributed by atoms with Gasteiger partial charge in [-0.25, -0.2) is 4.79 Å². The van der Waals surface area contributed by atoms with Crippen LogP contribution in [0.4, 0.5) is 0 Å². The summed E-state index contributed by atoms with van der Waals surface area (Å²) in [7, 11) is 0. The maximum atomic E-state index is 12.1. The number of carboxylic acids is 1. The van der Waals surface area contributed by atoms with Crippen molar-refractivity contribution in [3.63, 3.8) is 0 Å². The lowest BCUT2D eigenvalue weighted by Crippen LogP contribution is -2.15. The van der Waals surface area contributed by atoms with Crippen molar-refractivity contribution in [3.05, 3.63) is 95.6 Å². The van der Waals surface area contributed by atoms with Crippen LogP contribution in [0.15, 0.2) is 78.9 Å². The average molecular weight is 418 g/mol. The molecule has 0 heterocycles. The first-order valence-corrected chi connectivity index (χ1v) is 10.2. The monoisotopic (exact) mass is 418 g/mol. The summed E-state index contributed by atoms with van der Waals surface area (Å²) in [6.45, 7) is 4.28. The van der Waals surface area contributed by atoms with E-state index in [2.05, 4.69) is 0 Å². The van der Waals surface area contributed by atoms with Crippen LogP contribution in [0.5, 0.6) is 11.5 Å². The van der Waals surface area contributed by atoms with E-state index < -0.39 is 17.9 Å². The molecule has 3 rings (SSSR count). The molecule has 0 saturated carbocycles. The quantitative estimate of drug-likeness (QED) is 0.451. The van der Waals surface area contributed by atoms with E-state index >= 15 is 0 Å². The molecule has 1 atom stereocenters. The second-order valence-electron chi connectivity index (χ2n) is 7.77. The van der Waals surface area contributed by atoms with Gasteiger partial charge in [-0.3, -0.25) is 4.79 Å². The van der Waals surface area contributed by atoms with Crippen molar-refractivity contribution >= 4 is 11.9 Å². The van der Waals surface area contributed by atoms with Gasteiger partial charge >= 0.3 is 11.9 Å². The molecule has 0 bridgehead atoms. The van der Waals surface area contributed by atoms with Gasteiger partial charge in [0.2, 0.25) is 0 Å². The van der Waals surface area contributed by atoms with Gasteiger partial charge in [0.1, 0.15) is 11.5 Å². The molecule has 0 aliphatic heterocycles. The zero-order valence-corrected chi connectivity index (χ0v) is 17.7. The first-order valence-electron chi connectivity index (χ1n) is 10.2. The molecule has 1 unspecified atom stereocenters. The highest BCUT2D eigenvalue weighted by Gasteiger charge is 2.21. The SMILES string of the molecule is CC(C)COC(=O)c1ccc(C(Cc2cccc(Oc3ccccc3)c2)C(=O)O)cc1. The van der Waals surface area contributed by atoms with Gasteiger partial charge in [0.25, 0.3) is 0 Å². The fourth-order valence-electron chi connectivity index (χ4n) is 3.12. The summed E-state index contributed by atoms with van der Waals surface area (Å²) in [4.78, 5) is 24.0. The lowest BCUT2D eigenvalue weighted by molar-refractivity contribution is -0.138. The van der Waals surface area contributed by atoms with Crippen molar-refractivity contribution in [3.8, 4) is 11.5 Å². The molecule has 0 radical (unpaired) electrons. The lowest BCUT2D eigenvalue weighted by Gasteiger charge is -2.15. The van der Waals surface area contributed by atoms with Gasteiger partial charge in [-0.1, -0.05) is 56.3 Å². The van der Waals surface area contributed by atoms with Crippen LogP contribution in [0.2, 0.25) is 0 Å². The van der Waals surface area contributed by atoms with E-state index in [1.807, 2.05) is 68.4 Å². The number of esters is 1. The highest BCUT2D eigenvalue weighted by Crippen LogP contribution is 2.26. The van der Waals surface area contributed by atoms with Crippen molar-refractivity contribution in [1.29, 1.82) is 0 Å². The zero-order chi connectivity index (χ0) is 22.2. The topological polar surface area (TPSA) is 72.8 Å². The summed E-state index contributed by atoms with van der Waals surface area (Å²) in [5, 5.41) is 9.79. The molecule has 0 saturated heterocycles. The van der Waals surface area contributed by atoms with E-state index in [-0.39, 0.29) is 5.92 Å². The number of carboxylic acid groups (broad SMARTS) is 1. The van der Waals surface area contributed by atoms with Gasteiger partial charge in [-0.15, -0.1) is 0 Å². The normalized spacial score (nSPS) is 11.7. The van der Waals surface area contributed by atoms with Crippen LogP contribution in [0.3, 0.4) is 0 Å². The summed E-state index contributed by atoms with van der Waals surface area (Å²) < 4.78 is 11.1. The van der Waals surface area contributed by atoms with Gasteiger partial charge in [-0.2, -0.15) is 0 Å². The number of carbonyl (C=O) groups is 2. The number of hydrogen-bond donors (Lipinski definition) is 1. The van der Waals surface area contributed by atoms with E-state index in [0.717, 1.165) is 11.3 Å². The smallest absolute Gasteiger partial charge is 0.338 e. The molecule has 5 nitrogen and oxygen atoms in total. The van der Waals surface area contributed by atoms with Crippen molar-refractivity contribution in [2.45, 2.75) is 26.2 Å². The Hall–Kier alpha value is -3.60. The van der Waals surface area contributed by atoms with Gasteiger partial charge in [0.05, 0.1) is 18.1 Å². The van der Waals surface area contributed by atoms with Crippen LogP contribution in [0.25, 0.3) is 0 Å². The third-order valence-corrected chi connectivity index (χ3v) is 4.71. The molecule has 1 N–H and O–H groups in total.